The summed E-state index contributed by atoms with van der Waals surface area (Å²) in [6, 6.07) is 74.7. The van der Waals surface area contributed by atoms with Crippen molar-refractivity contribution >= 4 is 54.3 Å². The molecule has 9 aromatic carbocycles. The number of fused-ring (bicyclic) bond motifs is 7. The van der Waals surface area contributed by atoms with Crippen molar-refractivity contribution in [1.82, 2.24) is 24.5 Å². The molecule has 0 unspecified atom stereocenters. The van der Waals surface area contributed by atoms with Gasteiger partial charge in [0.05, 0.1) is 22.2 Å². The molecule has 61 heavy (non-hydrogen) atoms. The molecule has 0 saturated carbocycles. The Balaban J connectivity index is 1.01. The molecule has 3 aromatic heterocycles. The van der Waals surface area contributed by atoms with Gasteiger partial charge in [0, 0.05) is 49.5 Å². The lowest BCUT2D eigenvalue weighted by molar-refractivity contribution is 1.07. The smallest absolute Gasteiger partial charge is 0.164 e. The summed E-state index contributed by atoms with van der Waals surface area (Å²) >= 11 is 0. The van der Waals surface area contributed by atoms with Gasteiger partial charge in [0.2, 0.25) is 0 Å². The van der Waals surface area contributed by atoms with E-state index in [0.717, 1.165) is 82.9 Å². The predicted molar refractivity (Wildman–Crippen MR) is 252 cm³/mol. The summed E-state index contributed by atoms with van der Waals surface area (Å²) in [6.45, 7) is 0. The highest BCUT2D eigenvalue weighted by atomic mass is 15.0. The fourth-order valence-corrected chi connectivity index (χ4v) is 8.82. The highest BCUT2D eigenvalue weighted by molar-refractivity contribution is 6.20. The van der Waals surface area contributed by atoms with Crippen LogP contribution in [0.3, 0.4) is 0 Å². The first-order valence-electron chi connectivity index (χ1n) is 20.5. The number of rotatable bonds is 6. The molecule has 5 heteroatoms. The van der Waals surface area contributed by atoms with Crippen LogP contribution < -0.4 is 0 Å². The first-order valence-corrected chi connectivity index (χ1v) is 20.5. The van der Waals surface area contributed by atoms with Crippen molar-refractivity contribution in [2.24, 2.45) is 0 Å². The molecule has 12 aromatic rings. The van der Waals surface area contributed by atoms with Crippen molar-refractivity contribution in [2.45, 2.75) is 0 Å². The summed E-state index contributed by atoms with van der Waals surface area (Å²) in [6.07, 6.45) is 0. The second-order valence-electron chi connectivity index (χ2n) is 15.5. The predicted octanol–water partition coefficient (Wildman–Crippen LogP) is 14.2. The second-order valence-corrected chi connectivity index (χ2v) is 15.5. The molecule has 12 rings (SSSR count). The van der Waals surface area contributed by atoms with Crippen LogP contribution in [0.5, 0.6) is 0 Å². The average molecular weight is 778 g/mol. The Morgan fingerprint density at radius 3 is 1.46 bits per heavy atom. The minimum atomic E-state index is 0.644. The van der Waals surface area contributed by atoms with Gasteiger partial charge in [-0.25, -0.2) is 19.9 Å². The highest BCUT2D eigenvalue weighted by Crippen LogP contribution is 2.41. The van der Waals surface area contributed by atoms with Gasteiger partial charge in [0.15, 0.2) is 17.5 Å². The Bertz CT molecular complexity index is 3560. The van der Waals surface area contributed by atoms with Gasteiger partial charge in [-0.05, 0) is 81.9 Å². The maximum Gasteiger partial charge on any atom is 0.164 e. The van der Waals surface area contributed by atoms with Gasteiger partial charge in [-0.15, -0.1) is 0 Å². The summed E-state index contributed by atoms with van der Waals surface area (Å²) in [5, 5.41) is 8.15. The van der Waals surface area contributed by atoms with E-state index >= 15 is 0 Å². The molecule has 3 heterocycles. The Morgan fingerprint density at radius 2 is 0.787 bits per heavy atom. The number of hydrogen-bond donors (Lipinski definition) is 0. The SMILES string of the molecule is c1ccc(-c2nc(-c3ccccc3)nc(-c3ccc4cc(-c5ccc6c(c5)c5cc7c(cc5n6-c5ccccc5)c(-c5ccccc5)nc5ccccc57)ccc4c3)n2)cc1. The molecule has 0 bridgehead atoms. The van der Waals surface area contributed by atoms with Crippen LogP contribution >= 0.6 is 0 Å². The minimum absolute atomic E-state index is 0.644. The van der Waals surface area contributed by atoms with Crippen LogP contribution in [-0.2, 0) is 0 Å². The molecule has 0 radical (unpaired) electrons. The van der Waals surface area contributed by atoms with Crippen molar-refractivity contribution < 1.29 is 0 Å². The second kappa shape index (κ2) is 14.2. The molecule has 5 nitrogen and oxygen atoms in total. The Hall–Kier alpha value is -8.28. The first-order chi connectivity index (χ1) is 30.2. The van der Waals surface area contributed by atoms with Gasteiger partial charge < -0.3 is 4.57 Å². The van der Waals surface area contributed by atoms with Gasteiger partial charge in [-0.1, -0.05) is 158 Å². The normalized spacial score (nSPS) is 11.6. The molecule has 0 atom stereocenters. The van der Waals surface area contributed by atoms with Crippen LogP contribution in [0.2, 0.25) is 0 Å². The third kappa shape index (κ3) is 6.02. The fourth-order valence-electron chi connectivity index (χ4n) is 8.82. The van der Waals surface area contributed by atoms with Crippen LogP contribution in [0, 0.1) is 0 Å². The Morgan fingerprint density at radius 1 is 0.279 bits per heavy atom. The molecule has 0 saturated heterocycles. The zero-order valence-electron chi connectivity index (χ0n) is 32.9. The molecular weight excluding hydrogens is 743 g/mol. The molecular formula is C56H35N5. The molecule has 0 N–H and O–H groups in total. The number of benzene rings is 9. The van der Waals surface area contributed by atoms with Crippen molar-refractivity contribution in [1.29, 1.82) is 0 Å². The van der Waals surface area contributed by atoms with Gasteiger partial charge in [-0.2, -0.15) is 0 Å². The van der Waals surface area contributed by atoms with Crippen molar-refractivity contribution in [3.63, 3.8) is 0 Å². The molecule has 0 fully saturated rings. The van der Waals surface area contributed by atoms with Crippen molar-refractivity contribution in [2.75, 3.05) is 0 Å². The average Bonchev–Trinajstić information content (AvgIpc) is 3.66. The molecule has 284 valence electrons. The van der Waals surface area contributed by atoms with Gasteiger partial charge in [-0.3, -0.25) is 0 Å². The molecule has 0 aliphatic carbocycles. The standard InChI is InChI=1S/C56H35N5/c1-5-15-36(16-6-1)53-49-35-52-48(34-46(49)45-23-13-14-24-50(45)57-53)47-33-42(29-30-51(47)61(52)44-21-11-4-12-22-44)40-25-26-41-32-43(28-27-39(41)31-40)56-59-54(37-17-7-2-8-18-37)58-55(60-56)38-19-9-3-10-20-38/h1-35H. The summed E-state index contributed by atoms with van der Waals surface area (Å²) in [5.41, 5.74) is 11.7. The quantitative estimate of drug-likeness (QED) is 0.158. The van der Waals surface area contributed by atoms with E-state index in [1.165, 1.54) is 16.2 Å². The maximum absolute atomic E-state index is 5.25. The van der Waals surface area contributed by atoms with Crippen LogP contribution in [0.25, 0.3) is 116 Å². The summed E-state index contributed by atoms with van der Waals surface area (Å²) < 4.78 is 2.40. The highest BCUT2D eigenvalue weighted by Gasteiger charge is 2.19. The monoisotopic (exact) mass is 777 g/mol. The number of para-hydroxylation sites is 2. The fraction of sp³-hybridized carbons (Fsp3) is 0. The zero-order chi connectivity index (χ0) is 40.3. The molecule has 0 aliphatic rings. The lowest BCUT2D eigenvalue weighted by Gasteiger charge is -2.12. The van der Waals surface area contributed by atoms with Crippen LogP contribution in [0.15, 0.2) is 212 Å². The molecule has 0 spiro atoms. The largest absolute Gasteiger partial charge is 0.309 e. The van der Waals surface area contributed by atoms with E-state index in [1.807, 2.05) is 60.7 Å². The lowest BCUT2D eigenvalue weighted by Crippen LogP contribution is -2.00. The van der Waals surface area contributed by atoms with Crippen molar-refractivity contribution in [3.05, 3.63) is 212 Å². The summed E-state index contributed by atoms with van der Waals surface area (Å²) in [7, 11) is 0. The van der Waals surface area contributed by atoms with Crippen molar-refractivity contribution in [3.8, 4) is 62.2 Å². The molecule has 0 aliphatic heterocycles. The van der Waals surface area contributed by atoms with E-state index in [-0.39, 0.29) is 0 Å². The van der Waals surface area contributed by atoms with Gasteiger partial charge in [0.1, 0.15) is 0 Å². The zero-order valence-corrected chi connectivity index (χ0v) is 32.9. The number of nitrogens with zero attached hydrogens (tertiary/aromatic N) is 5. The number of hydrogen-bond acceptors (Lipinski definition) is 4. The minimum Gasteiger partial charge on any atom is -0.309 e. The van der Waals surface area contributed by atoms with E-state index < -0.39 is 0 Å². The Labute approximate surface area is 351 Å². The third-order valence-electron chi connectivity index (χ3n) is 11.8. The van der Waals surface area contributed by atoms with E-state index in [9.17, 15) is 0 Å². The number of pyridine rings is 1. The topological polar surface area (TPSA) is 56.5 Å². The third-order valence-corrected chi connectivity index (χ3v) is 11.8. The first kappa shape index (κ1) is 34.7. The lowest BCUT2D eigenvalue weighted by atomic mass is 9.96. The maximum atomic E-state index is 5.25. The van der Waals surface area contributed by atoms with E-state index in [1.54, 1.807) is 0 Å². The van der Waals surface area contributed by atoms with E-state index in [0.29, 0.717) is 17.5 Å². The van der Waals surface area contributed by atoms with E-state index in [4.69, 9.17) is 19.9 Å². The van der Waals surface area contributed by atoms with Crippen LogP contribution in [0.1, 0.15) is 0 Å². The molecule has 0 amide bonds. The summed E-state index contributed by atoms with van der Waals surface area (Å²) in [5.74, 6) is 1.95. The Kier molecular flexibility index (Phi) is 8.10. The van der Waals surface area contributed by atoms with Crippen LogP contribution in [0.4, 0.5) is 0 Å². The number of aromatic nitrogens is 5. The van der Waals surface area contributed by atoms with Crippen LogP contribution in [-0.4, -0.2) is 24.5 Å². The van der Waals surface area contributed by atoms with E-state index in [2.05, 4.69) is 156 Å². The summed E-state index contributed by atoms with van der Waals surface area (Å²) in [4.78, 5) is 20.1. The van der Waals surface area contributed by atoms with Gasteiger partial charge >= 0.3 is 0 Å². The van der Waals surface area contributed by atoms with Gasteiger partial charge in [0.25, 0.3) is 0 Å².